The summed E-state index contributed by atoms with van der Waals surface area (Å²) >= 11 is 1.30. The molecule has 1 saturated heterocycles. The third kappa shape index (κ3) is 3.70. The summed E-state index contributed by atoms with van der Waals surface area (Å²) in [6, 6.07) is 6.27. The van der Waals surface area contributed by atoms with Crippen LogP contribution < -0.4 is 10.2 Å². The van der Waals surface area contributed by atoms with Gasteiger partial charge in [0.25, 0.3) is 11.8 Å². The molecule has 3 amide bonds. The largest absolute Gasteiger partial charge is 0.465 e. The molecule has 1 aromatic heterocycles. The fourth-order valence-electron chi connectivity index (χ4n) is 3.32. The Hall–Kier alpha value is -2.94. The van der Waals surface area contributed by atoms with E-state index >= 15 is 0 Å². The molecular weight excluding hydrogens is 380 g/mol. The SMILES string of the molecule is O=C(NC1CC1)c1ccc(N(C(=O)C2CCCN2C(=O)O)c2nccs2)cc1. The maximum atomic E-state index is 13.2. The zero-order valence-corrected chi connectivity index (χ0v) is 15.9. The van der Waals surface area contributed by atoms with E-state index < -0.39 is 12.1 Å². The van der Waals surface area contributed by atoms with Gasteiger partial charge in [0.05, 0.1) is 5.69 Å². The van der Waals surface area contributed by atoms with Crippen LogP contribution in [0.15, 0.2) is 35.8 Å². The molecule has 9 heteroatoms. The van der Waals surface area contributed by atoms with Crippen LogP contribution in [-0.4, -0.2) is 51.5 Å². The number of amides is 3. The summed E-state index contributed by atoms with van der Waals surface area (Å²) in [5.41, 5.74) is 1.08. The van der Waals surface area contributed by atoms with Gasteiger partial charge in [-0.2, -0.15) is 0 Å². The van der Waals surface area contributed by atoms with E-state index in [1.165, 1.54) is 21.1 Å². The van der Waals surface area contributed by atoms with Gasteiger partial charge in [-0.25, -0.2) is 9.78 Å². The van der Waals surface area contributed by atoms with E-state index in [1.807, 2.05) is 0 Å². The molecule has 146 valence electrons. The molecule has 1 unspecified atom stereocenters. The van der Waals surface area contributed by atoms with Gasteiger partial charge in [-0.15, -0.1) is 11.3 Å². The summed E-state index contributed by atoms with van der Waals surface area (Å²) in [6.07, 6.45) is 3.65. The molecule has 1 atom stereocenters. The molecule has 0 radical (unpaired) electrons. The third-order valence-corrected chi connectivity index (χ3v) is 5.67. The van der Waals surface area contributed by atoms with Crippen LogP contribution >= 0.6 is 11.3 Å². The number of hydrogen-bond donors (Lipinski definition) is 2. The van der Waals surface area contributed by atoms with E-state index in [1.54, 1.807) is 35.8 Å². The summed E-state index contributed by atoms with van der Waals surface area (Å²) in [7, 11) is 0. The molecule has 4 rings (SSSR count). The Morgan fingerprint density at radius 2 is 1.93 bits per heavy atom. The lowest BCUT2D eigenvalue weighted by molar-refractivity contribution is -0.121. The van der Waals surface area contributed by atoms with Crippen molar-refractivity contribution in [3.8, 4) is 0 Å². The number of thiazole rings is 1. The Balaban J connectivity index is 1.60. The van der Waals surface area contributed by atoms with Gasteiger partial charge in [0.15, 0.2) is 5.13 Å². The zero-order chi connectivity index (χ0) is 19.7. The van der Waals surface area contributed by atoms with Crippen molar-refractivity contribution in [2.45, 2.75) is 37.8 Å². The Bertz CT molecular complexity index is 880. The van der Waals surface area contributed by atoms with Crippen molar-refractivity contribution in [1.82, 2.24) is 15.2 Å². The lowest BCUT2D eigenvalue weighted by Crippen LogP contribution is -2.46. The number of hydrogen-bond acceptors (Lipinski definition) is 5. The van der Waals surface area contributed by atoms with E-state index in [-0.39, 0.29) is 17.9 Å². The number of anilines is 2. The molecule has 1 saturated carbocycles. The Morgan fingerprint density at radius 3 is 2.54 bits per heavy atom. The summed E-state index contributed by atoms with van der Waals surface area (Å²) in [5.74, 6) is -0.459. The van der Waals surface area contributed by atoms with E-state index in [0.29, 0.717) is 35.8 Å². The molecule has 2 fully saturated rings. The second kappa shape index (κ2) is 7.59. The van der Waals surface area contributed by atoms with Crippen LogP contribution in [0.4, 0.5) is 15.6 Å². The first kappa shape index (κ1) is 18.4. The molecule has 0 bridgehead atoms. The molecule has 1 aliphatic carbocycles. The van der Waals surface area contributed by atoms with Crippen molar-refractivity contribution >= 4 is 40.1 Å². The molecular formula is C19H20N4O4S. The molecule has 8 nitrogen and oxygen atoms in total. The van der Waals surface area contributed by atoms with Crippen molar-refractivity contribution in [2.75, 3.05) is 11.4 Å². The van der Waals surface area contributed by atoms with E-state index in [2.05, 4.69) is 10.3 Å². The molecule has 1 aliphatic heterocycles. The molecule has 2 aliphatic rings. The monoisotopic (exact) mass is 400 g/mol. The first-order valence-corrected chi connectivity index (χ1v) is 10.1. The van der Waals surface area contributed by atoms with E-state index in [0.717, 1.165) is 12.8 Å². The number of rotatable bonds is 5. The average molecular weight is 400 g/mol. The lowest BCUT2D eigenvalue weighted by Gasteiger charge is -2.27. The molecule has 1 aromatic carbocycles. The van der Waals surface area contributed by atoms with Gasteiger partial charge in [0.2, 0.25) is 0 Å². The predicted octanol–water partition coefficient (Wildman–Crippen LogP) is 2.84. The van der Waals surface area contributed by atoms with Gasteiger partial charge in [0, 0.05) is 29.7 Å². The third-order valence-electron chi connectivity index (χ3n) is 4.91. The Morgan fingerprint density at radius 1 is 1.18 bits per heavy atom. The molecule has 2 aromatic rings. The van der Waals surface area contributed by atoms with Crippen LogP contribution in [0, 0.1) is 0 Å². The number of benzene rings is 1. The number of carbonyl (C=O) groups excluding carboxylic acids is 2. The average Bonchev–Trinajstić information content (AvgIpc) is 3.14. The number of likely N-dealkylation sites (tertiary alicyclic amines) is 1. The highest BCUT2D eigenvalue weighted by atomic mass is 32.1. The number of aromatic nitrogens is 1. The standard InChI is InChI=1S/C19H20N4O4S/c24-16(21-13-5-6-13)12-3-7-14(8-4-12)23(18-20-9-11-28-18)17(25)15-2-1-10-22(15)19(26)27/h3-4,7-9,11,13,15H,1-2,5-6,10H2,(H,21,24)(H,26,27). The minimum atomic E-state index is -1.10. The molecule has 0 spiro atoms. The quantitative estimate of drug-likeness (QED) is 0.803. The zero-order valence-electron chi connectivity index (χ0n) is 15.1. The number of carbonyl (C=O) groups is 3. The van der Waals surface area contributed by atoms with E-state index in [4.69, 9.17) is 0 Å². The smallest absolute Gasteiger partial charge is 0.407 e. The molecule has 28 heavy (non-hydrogen) atoms. The first-order chi connectivity index (χ1) is 13.5. The van der Waals surface area contributed by atoms with Gasteiger partial charge in [-0.3, -0.25) is 19.4 Å². The van der Waals surface area contributed by atoms with Gasteiger partial charge >= 0.3 is 6.09 Å². The van der Waals surface area contributed by atoms with Crippen LogP contribution in [0.3, 0.4) is 0 Å². The van der Waals surface area contributed by atoms with Crippen molar-refractivity contribution in [3.63, 3.8) is 0 Å². The minimum absolute atomic E-state index is 0.131. The second-order valence-electron chi connectivity index (χ2n) is 6.92. The minimum Gasteiger partial charge on any atom is -0.465 e. The predicted molar refractivity (Wildman–Crippen MR) is 104 cm³/mol. The van der Waals surface area contributed by atoms with Crippen molar-refractivity contribution in [1.29, 1.82) is 0 Å². The van der Waals surface area contributed by atoms with Crippen LogP contribution in [-0.2, 0) is 4.79 Å². The van der Waals surface area contributed by atoms with Gasteiger partial charge in [0.1, 0.15) is 6.04 Å². The normalized spacial score (nSPS) is 18.7. The van der Waals surface area contributed by atoms with Crippen LogP contribution in [0.25, 0.3) is 0 Å². The van der Waals surface area contributed by atoms with E-state index in [9.17, 15) is 19.5 Å². The summed E-state index contributed by atoms with van der Waals surface area (Å²) in [4.78, 5) is 43.8. The van der Waals surface area contributed by atoms with Crippen LogP contribution in [0.2, 0.25) is 0 Å². The lowest BCUT2D eigenvalue weighted by atomic mass is 10.1. The molecule has 2 N–H and O–H groups in total. The highest BCUT2D eigenvalue weighted by Crippen LogP contribution is 2.31. The summed E-state index contributed by atoms with van der Waals surface area (Å²) in [5, 5.41) is 14.5. The second-order valence-corrected chi connectivity index (χ2v) is 7.79. The maximum absolute atomic E-state index is 13.2. The van der Waals surface area contributed by atoms with Gasteiger partial charge in [-0.05, 0) is 49.9 Å². The van der Waals surface area contributed by atoms with Crippen molar-refractivity contribution < 1.29 is 19.5 Å². The Kier molecular flexibility index (Phi) is 4.99. The first-order valence-electron chi connectivity index (χ1n) is 9.18. The summed E-state index contributed by atoms with van der Waals surface area (Å²) < 4.78 is 0. The van der Waals surface area contributed by atoms with Crippen molar-refractivity contribution in [2.24, 2.45) is 0 Å². The highest BCUT2D eigenvalue weighted by Gasteiger charge is 2.38. The summed E-state index contributed by atoms with van der Waals surface area (Å²) in [6.45, 7) is 0.345. The fourth-order valence-corrected chi connectivity index (χ4v) is 3.98. The molecule has 2 heterocycles. The topological polar surface area (TPSA) is 103 Å². The van der Waals surface area contributed by atoms with Gasteiger partial charge < -0.3 is 10.4 Å². The number of nitrogens with zero attached hydrogens (tertiary/aromatic N) is 3. The number of nitrogens with one attached hydrogen (secondary N) is 1. The van der Waals surface area contributed by atoms with Crippen molar-refractivity contribution in [3.05, 3.63) is 41.4 Å². The maximum Gasteiger partial charge on any atom is 0.407 e. The van der Waals surface area contributed by atoms with Crippen LogP contribution in [0.1, 0.15) is 36.0 Å². The highest BCUT2D eigenvalue weighted by molar-refractivity contribution is 7.13. The Labute approximate surface area is 165 Å². The van der Waals surface area contributed by atoms with Crippen LogP contribution in [0.5, 0.6) is 0 Å². The fraction of sp³-hybridized carbons (Fsp3) is 0.368. The van der Waals surface area contributed by atoms with Gasteiger partial charge in [-0.1, -0.05) is 0 Å². The number of carboxylic acid groups (broad SMARTS) is 1.